The van der Waals surface area contributed by atoms with Crippen LogP contribution in [0.25, 0.3) is 0 Å². The number of halogens is 1. The summed E-state index contributed by atoms with van der Waals surface area (Å²) in [5, 5.41) is 0. The van der Waals surface area contributed by atoms with Crippen LogP contribution in [-0.2, 0) is 16.0 Å². The second kappa shape index (κ2) is 5.00. The third kappa shape index (κ3) is 4.35. The first kappa shape index (κ1) is 13.2. The van der Waals surface area contributed by atoms with Gasteiger partial charge in [-0.25, -0.2) is 0 Å². The van der Waals surface area contributed by atoms with E-state index in [-0.39, 0.29) is 5.97 Å². The minimum atomic E-state index is -0.422. The predicted octanol–water partition coefficient (Wildman–Crippen LogP) is 3.64. The summed E-state index contributed by atoms with van der Waals surface area (Å²) in [6, 6.07) is 5.94. The van der Waals surface area contributed by atoms with Gasteiger partial charge in [-0.2, -0.15) is 0 Å². The average molecular weight is 285 g/mol. The van der Waals surface area contributed by atoms with Gasteiger partial charge in [0.05, 0.1) is 6.42 Å². The van der Waals surface area contributed by atoms with Crippen LogP contribution in [0.15, 0.2) is 22.7 Å². The van der Waals surface area contributed by atoms with Crippen molar-refractivity contribution >= 4 is 21.9 Å². The SMILES string of the molecule is Cc1ccc(CC(=O)OC(C)(C)C)c(Br)c1. The molecule has 0 radical (unpaired) electrons. The Balaban J connectivity index is 2.70. The van der Waals surface area contributed by atoms with Gasteiger partial charge in [0, 0.05) is 4.47 Å². The molecule has 1 rings (SSSR count). The molecule has 0 atom stereocenters. The van der Waals surface area contributed by atoms with Crippen molar-refractivity contribution in [1.29, 1.82) is 0 Å². The summed E-state index contributed by atoms with van der Waals surface area (Å²) in [6.45, 7) is 7.63. The first-order chi connectivity index (χ1) is 7.28. The van der Waals surface area contributed by atoms with Gasteiger partial charge in [0.2, 0.25) is 0 Å². The maximum Gasteiger partial charge on any atom is 0.310 e. The Morgan fingerprint density at radius 1 is 1.38 bits per heavy atom. The normalized spacial score (nSPS) is 11.3. The number of carbonyl (C=O) groups is 1. The number of hydrogen-bond donors (Lipinski definition) is 0. The zero-order valence-electron chi connectivity index (χ0n) is 10.1. The van der Waals surface area contributed by atoms with Gasteiger partial charge in [0.1, 0.15) is 5.60 Å². The summed E-state index contributed by atoms with van der Waals surface area (Å²) in [7, 11) is 0. The summed E-state index contributed by atoms with van der Waals surface area (Å²) in [5.74, 6) is -0.197. The van der Waals surface area contributed by atoms with Gasteiger partial charge in [-0.1, -0.05) is 28.1 Å². The van der Waals surface area contributed by atoms with Gasteiger partial charge in [-0.05, 0) is 44.9 Å². The first-order valence-corrected chi connectivity index (χ1v) is 6.04. The number of rotatable bonds is 2. The highest BCUT2D eigenvalue weighted by atomic mass is 79.9. The van der Waals surface area contributed by atoms with E-state index in [0.29, 0.717) is 6.42 Å². The van der Waals surface area contributed by atoms with Crippen molar-refractivity contribution in [1.82, 2.24) is 0 Å². The maximum atomic E-state index is 11.6. The third-order valence-electron chi connectivity index (χ3n) is 1.96. The Hall–Kier alpha value is -0.830. The van der Waals surface area contributed by atoms with Crippen LogP contribution < -0.4 is 0 Å². The third-order valence-corrected chi connectivity index (χ3v) is 2.70. The number of carbonyl (C=O) groups excluding carboxylic acids is 1. The average Bonchev–Trinajstić information content (AvgIpc) is 2.06. The fourth-order valence-corrected chi connectivity index (χ4v) is 1.96. The van der Waals surface area contributed by atoms with E-state index >= 15 is 0 Å². The molecule has 0 aliphatic heterocycles. The van der Waals surface area contributed by atoms with E-state index in [1.807, 2.05) is 45.9 Å². The maximum absolute atomic E-state index is 11.6. The summed E-state index contributed by atoms with van der Waals surface area (Å²) >= 11 is 3.45. The smallest absolute Gasteiger partial charge is 0.310 e. The summed E-state index contributed by atoms with van der Waals surface area (Å²) in [6.07, 6.45) is 0.304. The molecule has 0 aromatic heterocycles. The predicted molar refractivity (Wildman–Crippen MR) is 68.4 cm³/mol. The molecular formula is C13H17BrO2. The highest BCUT2D eigenvalue weighted by molar-refractivity contribution is 9.10. The Morgan fingerprint density at radius 2 is 2.00 bits per heavy atom. The Kier molecular flexibility index (Phi) is 4.14. The Labute approximate surface area is 105 Å². The van der Waals surface area contributed by atoms with Crippen molar-refractivity contribution in [2.45, 2.75) is 39.7 Å². The van der Waals surface area contributed by atoms with Crippen LogP contribution in [0.4, 0.5) is 0 Å². The van der Waals surface area contributed by atoms with E-state index in [9.17, 15) is 4.79 Å². The van der Waals surface area contributed by atoms with Crippen LogP contribution in [0.1, 0.15) is 31.9 Å². The van der Waals surface area contributed by atoms with E-state index in [1.54, 1.807) is 0 Å². The van der Waals surface area contributed by atoms with Crippen molar-refractivity contribution in [3.8, 4) is 0 Å². The molecule has 0 fully saturated rings. The monoisotopic (exact) mass is 284 g/mol. The number of esters is 1. The van der Waals surface area contributed by atoms with Crippen LogP contribution in [0.5, 0.6) is 0 Å². The highest BCUT2D eigenvalue weighted by Gasteiger charge is 2.17. The molecule has 88 valence electrons. The lowest BCUT2D eigenvalue weighted by Crippen LogP contribution is -2.25. The van der Waals surface area contributed by atoms with Gasteiger partial charge in [0.25, 0.3) is 0 Å². The van der Waals surface area contributed by atoms with Crippen molar-refractivity contribution in [3.05, 3.63) is 33.8 Å². The van der Waals surface area contributed by atoms with Gasteiger partial charge in [-0.3, -0.25) is 4.79 Å². The number of ether oxygens (including phenoxy) is 1. The van der Waals surface area contributed by atoms with E-state index in [2.05, 4.69) is 15.9 Å². The van der Waals surface area contributed by atoms with E-state index in [1.165, 1.54) is 5.56 Å². The first-order valence-electron chi connectivity index (χ1n) is 5.25. The molecule has 0 saturated heterocycles. The molecule has 16 heavy (non-hydrogen) atoms. The summed E-state index contributed by atoms with van der Waals surface area (Å²) in [4.78, 5) is 11.6. The molecule has 3 heteroatoms. The molecular weight excluding hydrogens is 268 g/mol. The van der Waals surface area contributed by atoms with Crippen molar-refractivity contribution in [2.75, 3.05) is 0 Å². The van der Waals surface area contributed by atoms with E-state index in [0.717, 1.165) is 10.0 Å². The van der Waals surface area contributed by atoms with E-state index < -0.39 is 5.60 Å². The highest BCUT2D eigenvalue weighted by Crippen LogP contribution is 2.20. The minimum Gasteiger partial charge on any atom is -0.460 e. The van der Waals surface area contributed by atoms with Crippen LogP contribution in [0.3, 0.4) is 0 Å². The summed E-state index contributed by atoms with van der Waals surface area (Å²) < 4.78 is 6.22. The van der Waals surface area contributed by atoms with E-state index in [4.69, 9.17) is 4.74 Å². The summed E-state index contributed by atoms with van der Waals surface area (Å²) in [5.41, 5.74) is 1.70. The van der Waals surface area contributed by atoms with Crippen LogP contribution in [-0.4, -0.2) is 11.6 Å². The number of aryl methyl sites for hydroxylation is 1. The molecule has 0 aliphatic carbocycles. The second-order valence-corrected chi connectivity index (χ2v) is 5.71. The quantitative estimate of drug-likeness (QED) is 0.775. The van der Waals surface area contributed by atoms with Crippen molar-refractivity contribution in [2.24, 2.45) is 0 Å². The molecule has 1 aromatic rings. The topological polar surface area (TPSA) is 26.3 Å². The molecule has 0 N–H and O–H groups in total. The van der Waals surface area contributed by atoms with Crippen LogP contribution >= 0.6 is 15.9 Å². The number of benzene rings is 1. The molecule has 0 bridgehead atoms. The largest absolute Gasteiger partial charge is 0.460 e. The molecule has 0 heterocycles. The van der Waals surface area contributed by atoms with Crippen LogP contribution in [0, 0.1) is 6.92 Å². The lowest BCUT2D eigenvalue weighted by molar-refractivity contribution is -0.153. The van der Waals surface area contributed by atoms with Crippen LogP contribution in [0.2, 0.25) is 0 Å². The molecule has 0 unspecified atom stereocenters. The zero-order chi connectivity index (χ0) is 12.3. The van der Waals surface area contributed by atoms with Crippen molar-refractivity contribution in [3.63, 3.8) is 0 Å². The Morgan fingerprint density at radius 3 is 2.50 bits per heavy atom. The zero-order valence-corrected chi connectivity index (χ0v) is 11.7. The van der Waals surface area contributed by atoms with Gasteiger partial charge >= 0.3 is 5.97 Å². The standard InChI is InChI=1S/C13H17BrO2/c1-9-5-6-10(11(14)7-9)8-12(15)16-13(2,3)4/h5-7H,8H2,1-4H3. The minimum absolute atomic E-state index is 0.197. The molecule has 0 aliphatic rings. The number of hydrogen-bond acceptors (Lipinski definition) is 2. The molecule has 0 amide bonds. The van der Waals surface area contributed by atoms with Gasteiger partial charge in [0.15, 0.2) is 0 Å². The molecule has 0 saturated carbocycles. The molecule has 0 spiro atoms. The lowest BCUT2D eigenvalue weighted by atomic mass is 10.1. The fourth-order valence-electron chi connectivity index (χ4n) is 1.33. The van der Waals surface area contributed by atoms with Gasteiger partial charge in [-0.15, -0.1) is 0 Å². The molecule has 2 nitrogen and oxygen atoms in total. The van der Waals surface area contributed by atoms with Gasteiger partial charge < -0.3 is 4.74 Å². The molecule has 1 aromatic carbocycles. The fraction of sp³-hybridized carbons (Fsp3) is 0.462. The Bertz CT molecular complexity index is 391. The lowest BCUT2D eigenvalue weighted by Gasteiger charge is -2.19. The van der Waals surface area contributed by atoms with Crippen molar-refractivity contribution < 1.29 is 9.53 Å². The second-order valence-electron chi connectivity index (χ2n) is 4.86.